The molecule has 3 rings (SSSR count). The van der Waals surface area contributed by atoms with Gasteiger partial charge in [-0.2, -0.15) is 13.2 Å². The van der Waals surface area contributed by atoms with Gasteiger partial charge in [0.25, 0.3) is 0 Å². The number of hydrazine groups is 1. The molecular formula is C20H27F3N4O3S2. The Bertz CT molecular complexity index is 1080. The van der Waals surface area contributed by atoms with Gasteiger partial charge < -0.3 is 4.57 Å². The third-order valence-electron chi connectivity index (χ3n) is 5.34. The fraction of sp³-hybridized carbons (Fsp3) is 0.600. The van der Waals surface area contributed by atoms with E-state index < -0.39 is 27.6 Å². The van der Waals surface area contributed by atoms with Crippen LogP contribution in [0.4, 0.5) is 13.2 Å². The minimum Gasteiger partial charge on any atom is -0.319 e. The van der Waals surface area contributed by atoms with Crippen molar-refractivity contribution in [2.45, 2.75) is 50.1 Å². The number of fused-ring (bicyclic) bond motifs is 1. The number of imidazole rings is 1. The second-order valence-corrected chi connectivity index (χ2v) is 11.2. The first-order valence-corrected chi connectivity index (χ1v) is 13.1. The SMILES string of the molecule is CCCCn1c(SCC(=O)N(C2CCS(=O)(=O)C2)N(C)C)nc2cc(C(F)(F)F)ccc21. The maximum Gasteiger partial charge on any atom is 0.416 e. The van der Waals surface area contributed by atoms with Crippen molar-refractivity contribution in [2.75, 3.05) is 31.4 Å². The zero-order valence-electron chi connectivity index (χ0n) is 18.2. The fourth-order valence-corrected chi connectivity index (χ4v) is 6.43. The van der Waals surface area contributed by atoms with Gasteiger partial charge in [-0.05, 0) is 31.0 Å². The smallest absolute Gasteiger partial charge is 0.319 e. The number of thioether (sulfide) groups is 1. The van der Waals surface area contributed by atoms with E-state index in [1.807, 2.05) is 11.5 Å². The molecule has 0 aliphatic carbocycles. The molecule has 1 aliphatic heterocycles. The molecule has 0 radical (unpaired) electrons. The van der Waals surface area contributed by atoms with Crippen molar-refractivity contribution in [3.05, 3.63) is 23.8 Å². The van der Waals surface area contributed by atoms with Crippen molar-refractivity contribution < 1.29 is 26.4 Å². The van der Waals surface area contributed by atoms with Gasteiger partial charge in [0, 0.05) is 20.6 Å². The quantitative estimate of drug-likeness (QED) is 0.415. The van der Waals surface area contributed by atoms with Crippen molar-refractivity contribution in [3.63, 3.8) is 0 Å². The summed E-state index contributed by atoms with van der Waals surface area (Å²) < 4.78 is 64.9. The minimum absolute atomic E-state index is 0.00367. The van der Waals surface area contributed by atoms with Gasteiger partial charge in [-0.15, -0.1) is 0 Å². The summed E-state index contributed by atoms with van der Waals surface area (Å²) in [4.78, 5) is 17.3. The monoisotopic (exact) mass is 492 g/mol. The maximum atomic E-state index is 13.1. The molecule has 32 heavy (non-hydrogen) atoms. The first-order valence-electron chi connectivity index (χ1n) is 10.3. The highest BCUT2D eigenvalue weighted by Crippen LogP contribution is 2.33. The van der Waals surface area contributed by atoms with Crippen molar-refractivity contribution >= 4 is 38.5 Å². The zero-order valence-corrected chi connectivity index (χ0v) is 19.9. The number of amides is 1. The predicted octanol–water partition coefficient (Wildman–Crippen LogP) is 3.44. The van der Waals surface area contributed by atoms with E-state index in [4.69, 9.17) is 0 Å². The Labute approximate surface area is 189 Å². The van der Waals surface area contributed by atoms with Gasteiger partial charge in [0.1, 0.15) is 0 Å². The van der Waals surface area contributed by atoms with E-state index in [9.17, 15) is 26.4 Å². The van der Waals surface area contributed by atoms with Crippen molar-refractivity contribution in [1.82, 2.24) is 19.6 Å². The lowest BCUT2D eigenvalue weighted by molar-refractivity contribution is -0.145. The summed E-state index contributed by atoms with van der Waals surface area (Å²) in [6, 6.07) is 3.07. The Kier molecular flexibility index (Phi) is 7.45. The van der Waals surface area contributed by atoms with Gasteiger partial charge in [-0.25, -0.2) is 18.4 Å². The molecule has 2 heterocycles. The molecule has 1 unspecified atom stereocenters. The van der Waals surface area contributed by atoms with Gasteiger partial charge in [-0.1, -0.05) is 25.1 Å². The number of benzene rings is 1. The van der Waals surface area contributed by atoms with Crippen LogP contribution < -0.4 is 0 Å². The van der Waals surface area contributed by atoms with Crippen molar-refractivity contribution in [1.29, 1.82) is 0 Å². The Morgan fingerprint density at radius 2 is 2.03 bits per heavy atom. The van der Waals surface area contributed by atoms with Crippen LogP contribution in [-0.4, -0.2) is 71.3 Å². The average Bonchev–Trinajstić information content (AvgIpc) is 3.22. The fourth-order valence-electron chi connectivity index (χ4n) is 3.84. The second-order valence-electron chi connectivity index (χ2n) is 8.03. The summed E-state index contributed by atoms with van der Waals surface area (Å²) in [5.74, 6) is -0.295. The number of sulfone groups is 1. The molecule has 1 aliphatic rings. The highest BCUT2D eigenvalue weighted by Gasteiger charge is 2.36. The van der Waals surface area contributed by atoms with Gasteiger partial charge in [0.05, 0.1) is 39.9 Å². The van der Waals surface area contributed by atoms with Crippen molar-refractivity contribution in [2.24, 2.45) is 0 Å². The molecular weight excluding hydrogens is 465 g/mol. The van der Waals surface area contributed by atoms with Gasteiger partial charge in [0.2, 0.25) is 5.91 Å². The summed E-state index contributed by atoms with van der Waals surface area (Å²) in [5.41, 5.74) is 0.0592. The highest BCUT2D eigenvalue weighted by molar-refractivity contribution is 7.99. The Morgan fingerprint density at radius 3 is 2.59 bits per heavy atom. The van der Waals surface area contributed by atoms with E-state index in [0.29, 0.717) is 23.6 Å². The number of hydrogen-bond donors (Lipinski definition) is 0. The van der Waals surface area contributed by atoms with E-state index in [-0.39, 0.29) is 28.7 Å². The van der Waals surface area contributed by atoms with Crippen LogP contribution >= 0.6 is 11.8 Å². The molecule has 0 spiro atoms. The number of alkyl halides is 3. The maximum absolute atomic E-state index is 13.1. The zero-order chi connectivity index (χ0) is 23.7. The normalized spacial score (nSPS) is 18.5. The van der Waals surface area contributed by atoms with Gasteiger partial charge >= 0.3 is 6.18 Å². The number of hydrogen-bond acceptors (Lipinski definition) is 6. The van der Waals surface area contributed by atoms with E-state index >= 15 is 0 Å². The van der Waals surface area contributed by atoms with Gasteiger partial charge in [-0.3, -0.25) is 9.80 Å². The standard InChI is InChI=1S/C20H27F3N4O3S2/c1-4-5-9-26-17-7-6-14(20(21,22)23)11-16(17)24-19(26)31-12-18(28)27(25(2)3)15-8-10-32(29,30)13-15/h6-7,11,15H,4-5,8-10,12-13H2,1-3H3. The van der Waals surface area contributed by atoms with Crippen LogP contribution in [0.1, 0.15) is 31.7 Å². The molecule has 1 aromatic carbocycles. The lowest BCUT2D eigenvalue weighted by Crippen LogP contribution is -2.50. The van der Waals surface area contributed by atoms with Crippen LogP contribution in [0.25, 0.3) is 11.0 Å². The molecule has 1 saturated heterocycles. The topological polar surface area (TPSA) is 75.5 Å². The van der Waals surface area contributed by atoms with E-state index in [2.05, 4.69) is 4.98 Å². The van der Waals surface area contributed by atoms with Crippen molar-refractivity contribution in [3.8, 4) is 0 Å². The molecule has 0 bridgehead atoms. The second kappa shape index (κ2) is 9.60. The molecule has 12 heteroatoms. The van der Waals surface area contributed by atoms with Gasteiger partial charge in [0.15, 0.2) is 15.0 Å². The number of nitrogens with zero attached hydrogens (tertiary/aromatic N) is 4. The molecule has 0 saturated carbocycles. The number of aryl methyl sites for hydroxylation is 1. The van der Waals surface area contributed by atoms with Crippen LogP contribution in [0.15, 0.2) is 23.4 Å². The Morgan fingerprint density at radius 1 is 1.31 bits per heavy atom. The largest absolute Gasteiger partial charge is 0.416 e. The molecule has 1 aromatic heterocycles. The summed E-state index contributed by atoms with van der Waals surface area (Å²) in [7, 11) is 0.206. The molecule has 178 valence electrons. The first-order chi connectivity index (χ1) is 14.9. The third-order valence-corrected chi connectivity index (χ3v) is 8.05. The number of halogens is 3. The van der Waals surface area contributed by atoms with Crippen LogP contribution in [0.2, 0.25) is 0 Å². The average molecular weight is 493 g/mol. The van der Waals surface area contributed by atoms with Crippen LogP contribution in [-0.2, 0) is 27.4 Å². The summed E-state index contributed by atoms with van der Waals surface area (Å²) >= 11 is 1.15. The Balaban J connectivity index is 1.84. The first kappa shape index (κ1) is 24.8. The number of carbonyl (C=O) groups is 1. The predicted molar refractivity (Wildman–Crippen MR) is 118 cm³/mol. The van der Waals surface area contributed by atoms with Crippen LogP contribution in [0, 0.1) is 0 Å². The lowest BCUT2D eigenvalue weighted by atomic mass is 10.2. The van der Waals surface area contributed by atoms with E-state index in [0.717, 1.165) is 36.7 Å². The summed E-state index contributed by atoms with van der Waals surface area (Å²) in [6.07, 6.45) is -2.36. The molecule has 0 N–H and O–H groups in total. The molecule has 7 nitrogen and oxygen atoms in total. The third kappa shape index (κ3) is 5.57. The van der Waals surface area contributed by atoms with Crippen LogP contribution in [0.5, 0.6) is 0 Å². The lowest BCUT2D eigenvalue weighted by Gasteiger charge is -2.33. The molecule has 2 aromatic rings. The van der Waals surface area contributed by atoms with E-state index in [1.165, 1.54) is 11.1 Å². The number of aromatic nitrogens is 2. The summed E-state index contributed by atoms with van der Waals surface area (Å²) in [6.45, 7) is 2.59. The summed E-state index contributed by atoms with van der Waals surface area (Å²) in [5, 5.41) is 3.52. The molecule has 1 fully saturated rings. The molecule has 1 atom stereocenters. The number of rotatable bonds is 8. The number of carbonyl (C=O) groups excluding carboxylic acids is 1. The highest BCUT2D eigenvalue weighted by atomic mass is 32.2. The molecule has 1 amide bonds. The Hall–Kier alpha value is -1.79. The minimum atomic E-state index is -4.46. The van der Waals surface area contributed by atoms with Crippen LogP contribution in [0.3, 0.4) is 0 Å². The number of unbranched alkanes of at least 4 members (excludes halogenated alkanes) is 1. The van der Waals surface area contributed by atoms with E-state index in [1.54, 1.807) is 19.1 Å².